The molecular formula is C23H19ClN2O3. The highest BCUT2D eigenvalue weighted by Crippen LogP contribution is 2.24. The molecule has 1 heterocycles. The number of nitrogens with zero attached hydrogens (tertiary/aromatic N) is 1. The SMILES string of the molecule is Cc1cc(Cl)ccc1OCC(=O)NCc1ccc(-c2nc3ccccc3o2)cc1. The molecule has 0 radical (unpaired) electrons. The molecule has 4 rings (SSSR count). The summed E-state index contributed by atoms with van der Waals surface area (Å²) >= 11 is 5.92. The first-order valence-electron chi connectivity index (χ1n) is 9.19. The van der Waals surface area contributed by atoms with E-state index in [0.29, 0.717) is 23.2 Å². The van der Waals surface area contributed by atoms with Gasteiger partial charge in [-0.1, -0.05) is 35.9 Å². The highest BCUT2D eigenvalue weighted by Gasteiger charge is 2.09. The van der Waals surface area contributed by atoms with Crippen LogP contribution in [-0.2, 0) is 11.3 Å². The van der Waals surface area contributed by atoms with Crippen LogP contribution < -0.4 is 10.1 Å². The lowest BCUT2D eigenvalue weighted by Gasteiger charge is -2.10. The van der Waals surface area contributed by atoms with E-state index in [1.807, 2.05) is 55.5 Å². The third kappa shape index (κ3) is 4.58. The minimum absolute atomic E-state index is 0.0521. The van der Waals surface area contributed by atoms with Gasteiger partial charge >= 0.3 is 0 Å². The molecule has 1 amide bonds. The number of ether oxygens (including phenoxy) is 1. The number of fused-ring (bicyclic) bond motifs is 1. The van der Waals surface area contributed by atoms with E-state index in [9.17, 15) is 4.79 Å². The van der Waals surface area contributed by atoms with Gasteiger partial charge in [0.15, 0.2) is 12.2 Å². The molecule has 1 N–H and O–H groups in total. The summed E-state index contributed by atoms with van der Waals surface area (Å²) in [6.07, 6.45) is 0. The molecule has 0 unspecified atom stereocenters. The molecule has 0 atom stereocenters. The average molecular weight is 407 g/mol. The zero-order valence-electron chi connectivity index (χ0n) is 15.8. The van der Waals surface area contributed by atoms with Crippen LogP contribution >= 0.6 is 11.6 Å². The average Bonchev–Trinajstić information content (AvgIpc) is 3.16. The number of rotatable bonds is 6. The summed E-state index contributed by atoms with van der Waals surface area (Å²) in [4.78, 5) is 16.6. The first kappa shape index (κ1) is 19.0. The second-order valence-corrected chi connectivity index (χ2v) is 7.10. The lowest BCUT2D eigenvalue weighted by atomic mass is 10.1. The van der Waals surface area contributed by atoms with Crippen LogP contribution in [0.25, 0.3) is 22.6 Å². The molecular weight excluding hydrogens is 388 g/mol. The Bertz CT molecular complexity index is 1120. The quantitative estimate of drug-likeness (QED) is 0.480. The Morgan fingerprint density at radius 2 is 1.90 bits per heavy atom. The van der Waals surface area contributed by atoms with Crippen molar-refractivity contribution in [1.82, 2.24) is 10.3 Å². The van der Waals surface area contributed by atoms with E-state index < -0.39 is 0 Å². The summed E-state index contributed by atoms with van der Waals surface area (Å²) in [6.45, 7) is 2.25. The summed E-state index contributed by atoms with van der Waals surface area (Å²) in [6, 6.07) is 20.7. The number of oxazole rings is 1. The predicted molar refractivity (Wildman–Crippen MR) is 113 cm³/mol. The van der Waals surface area contributed by atoms with Gasteiger partial charge in [0.05, 0.1) is 0 Å². The van der Waals surface area contributed by atoms with Crippen molar-refractivity contribution in [3.8, 4) is 17.2 Å². The molecule has 0 bridgehead atoms. The van der Waals surface area contributed by atoms with Gasteiger partial charge in [0.25, 0.3) is 5.91 Å². The van der Waals surface area contributed by atoms with Gasteiger partial charge in [-0.05, 0) is 60.5 Å². The third-order valence-corrected chi connectivity index (χ3v) is 4.72. The van der Waals surface area contributed by atoms with Crippen LogP contribution in [-0.4, -0.2) is 17.5 Å². The number of carbonyl (C=O) groups is 1. The Morgan fingerprint density at radius 1 is 1.10 bits per heavy atom. The van der Waals surface area contributed by atoms with E-state index in [1.54, 1.807) is 18.2 Å². The number of benzene rings is 3. The monoisotopic (exact) mass is 406 g/mol. The van der Waals surface area contributed by atoms with Crippen molar-refractivity contribution in [3.63, 3.8) is 0 Å². The highest BCUT2D eigenvalue weighted by atomic mass is 35.5. The summed E-state index contributed by atoms with van der Waals surface area (Å²) < 4.78 is 11.3. The Labute approximate surface area is 173 Å². The molecule has 0 aliphatic rings. The van der Waals surface area contributed by atoms with E-state index in [1.165, 1.54) is 0 Å². The number of carbonyl (C=O) groups excluding carboxylic acids is 1. The van der Waals surface area contributed by atoms with Crippen molar-refractivity contribution in [1.29, 1.82) is 0 Å². The van der Waals surface area contributed by atoms with Crippen molar-refractivity contribution in [2.45, 2.75) is 13.5 Å². The Balaban J connectivity index is 1.32. The van der Waals surface area contributed by atoms with Crippen LogP contribution in [0.2, 0.25) is 5.02 Å². The molecule has 0 spiro atoms. The number of halogens is 1. The molecule has 29 heavy (non-hydrogen) atoms. The maximum absolute atomic E-state index is 12.1. The van der Waals surface area contributed by atoms with Gasteiger partial charge in [-0.3, -0.25) is 4.79 Å². The molecule has 0 fully saturated rings. The summed E-state index contributed by atoms with van der Waals surface area (Å²) in [5.74, 6) is 1.03. The van der Waals surface area contributed by atoms with Gasteiger partial charge in [-0.2, -0.15) is 0 Å². The van der Waals surface area contributed by atoms with E-state index in [4.69, 9.17) is 20.8 Å². The Hall–Kier alpha value is -3.31. The van der Waals surface area contributed by atoms with E-state index >= 15 is 0 Å². The molecule has 6 heteroatoms. The Kier molecular flexibility index (Phi) is 5.49. The van der Waals surface area contributed by atoms with Crippen LogP contribution in [0.5, 0.6) is 5.75 Å². The third-order valence-electron chi connectivity index (χ3n) is 4.48. The smallest absolute Gasteiger partial charge is 0.258 e. The first-order valence-corrected chi connectivity index (χ1v) is 9.57. The van der Waals surface area contributed by atoms with Crippen LogP contribution in [0.4, 0.5) is 0 Å². The molecule has 0 saturated heterocycles. The standard InChI is InChI=1S/C23H19ClN2O3/c1-15-12-18(24)10-11-20(15)28-14-22(27)25-13-16-6-8-17(9-7-16)23-26-19-4-2-3-5-21(19)29-23/h2-12H,13-14H2,1H3,(H,25,27). The lowest BCUT2D eigenvalue weighted by Crippen LogP contribution is -2.28. The fourth-order valence-electron chi connectivity index (χ4n) is 2.93. The largest absolute Gasteiger partial charge is 0.484 e. The van der Waals surface area contributed by atoms with Crippen LogP contribution in [0, 0.1) is 6.92 Å². The van der Waals surface area contributed by atoms with Crippen molar-refractivity contribution in [3.05, 3.63) is 82.9 Å². The summed E-state index contributed by atoms with van der Waals surface area (Å²) in [5.41, 5.74) is 4.34. The maximum atomic E-state index is 12.1. The highest BCUT2D eigenvalue weighted by molar-refractivity contribution is 6.30. The van der Waals surface area contributed by atoms with Crippen LogP contribution in [0.15, 0.2) is 71.1 Å². The molecule has 4 aromatic rings. The number of aryl methyl sites for hydroxylation is 1. The number of hydrogen-bond acceptors (Lipinski definition) is 4. The maximum Gasteiger partial charge on any atom is 0.258 e. The second-order valence-electron chi connectivity index (χ2n) is 6.66. The van der Waals surface area contributed by atoms with Gasteiger partial charge in [0.1, 0.15) is 11.3 Å². The Morgan fingerprint density at radius 3 is 2.66 bits per heavy atom. The minimum atomic E-state index is -0.192. The number of hydrogen-bond donors (Lipinski definition) is 1. The van der Waals surface area contributed by atoms with Gasteiger partial charge in [0.2, 0.25) is 5.89 Å². The van der Waals surface area contributed by atoms with Gasteiger partial charge in [0, 0.05) is 17.1 Å². The second kappa shape index (κ2) is 8.37. The van der Waals surface area contributed by atoms with E-state index in [2.05, 4.69) is 10.3 Å². The summed E-state index contributed by atoms with van der Waals surface area (Å²) in [5, 5.41) is 3.49. The molecule has 0 aliphatic carbocycles. The number of nitrogens with one attached hydrogen (secondary N) is 1. The summed E-state index contributed by atoms with van der Waals surface area (Å²) in [7, 11) is 0. The molecule has 1 aromatic heterocycles. The van der Waals surface area contributed by atoms with E-state index in [-0.39, 0.29) is 12.5 Å². The fraction of sp³-hybridized carbons (Fsp3) is 0.130. The van der Waals surface area contributed by atoms with Crippen molar-refractivity contribution in [2.24, 2.45) is 0 Å². The van der Waals surface area contributed by atoms with Gasteiger partial charge in [-0.25, -0.2) is 4.98 Å². The number of para-hydroxylation sites is 2. The van der Waals surface area contributed by atoms with Crippen LogP contribution in [0.1, 0.15) is 11.1 Å². The topological polar surface area (TPSA) is 64.4 Å². The molecule has 146 valence electrons. The van der Waals surface area contributed by atoms with Gasteiger partial charge in [-0.15, -0.1) is 0 Å². The molecule has 5 nitrogen and oxygen atoms in total. The predicted octanol–water partition coefficient (Wildman–Crippen LogP) is 5.15. The molecule has 3 aromatic carbocycles. The van der Waals surface area contributed by atoms with Crippen molar-refractivity contribution in [2.75, 3.05) is 6.61 Å². The van der Waals surface area contributed by atoms with Crippen LogP contribution in [0.3, 0.4) is 0 Å². The fourth-order valence-corrected chi connectivity index (χ4v) is 3.16. The molecule has 0 saturated carbocycles. The zero-order valence-corrected chi connectivity index (χ0v) is 16.6. The minimum Gasteiger partial charge on any atom is -0.484 e. The van der Waals surface area contributed by atoms with Gasteiger partial charge < -0.3 is 14.5 Å². The van der Waals surface area contributed by atoms with Crippen molar-refractivity contribution < 1.29 is 13.9 Å². The van der Waals surface area contributed by atoms with E-state index in [0.717, 1.165) is 27.8 Å². The first-order chi connectivity index (χ1) is 14.1. The van der Waals surface area contributed by atoms with Crippen molar-refractivity contribution >= 4 is 28.6 Å². The zero-order chi connectivity index (χ0) is 20.2. The number of aromatic nitrogens is 1. The normalized spacial score (nSPS) is 10.8. The number of amides is 1. The molecule has 0 aliphatic heterocycles. The lowest BCUT2D eigenvalue weighted by molar-refractivity contribution is -0.123.